The maximum absolute atomic E-state index is 2.42. The van der Waals surface area contributed by atoms with Gasteiger partial charge in [-0.3, -0.25) is 0 Å². The van der Waals surface area contributed by atoms with Crippen molar-refractivity contribution in [3.63, 3.8) is 0 Å². The van der Waals surface area contributed by atoms with E-state index >= 15 is 0 Å². The molecule has 17 heavy (non-hydrogen) atoms. The van der Waals surface area contributed by atoms with Crippen molar-refractivity contribution < 1.29 is 0 Å². The maximum Gasteiger partial charge on any atom is -0.0380 e. The summed E-state index contributed by atoms with van der Waals surface area (Å²) in [5, 5.41) is 0. The first-order chi connectivity index (χ1) is 7.76. The quantitative estimate of drug-likeness (QED) is 0.437. The second kappa shape index (κ2) is 8.16. The summed E-state index contributed by atoms with van der Waals surface area (Å²) in [6, 6.07) is 0. The average molecular weight is 240 g/mol. The molecule has 0 aliphatic rings. The molecule has 0 amide bonds. The highest BCUT2D eigenvalue weighted by molar-refractivity contribution is 4.67. The lowest BCUT2D eigenvalue weighted by molar-refractivity contribution is 0.285. The Kier molecular flexibility index (Phi) is 8.16. The largest absolute Gasteiger partial charge is 0.0651 e. The van der Waals surface area contributed by atoms with Crippen LogP contribution in [0, 0.1) is 23.2 Å². The van der Waals surface area contributed by atoms with Gasteiger partial charge in [-0.15, -0.1) is 0 Å². The molecule has 0 aromatic heterocycles. The van der Waals surface area contributed by atoms with Crippen LogP contribution in [0.4, 0.5) is 0 Å². The van der Waals surface area contributed by atoms with Gasteiger partial charge in [0.2, 0.25) is 0 Å². The lowest BCUT2D eigenvalue weighted by Crippen LogP contribution is -2.11. The highest BCUT2D eigenvalue weighted by Gasteiger charge is 2.15. The van der Waals surface area contributed by atoms with Crippen LogP contribution in [-0.2, 0) is 0 Å². The average Bonchev–Trinajstić information content (AvgIpc) is 2.20. The zero-order valence-electron chi connectivity index (χ0n) is 13.5. The summed E-state index contributed by atoms with van der Waals surface area (Å²) in [7, 11) is 0. The Morgan fingerprint density at radius 2 is 1.35 bits per heavy atom. The summed E-state index contributed by atoms with van der Waals surface area (Å²) in [6.07, 6.45) is 8.41. The third-order valence-electron chi connectivity index (χ3n) is 4.18. The van der Waals surface area contributed by atoms with E-state index in [-0.39, 0.29) is 0 Å². The highest BCUT2D eigenvalue weighted by Crippen LogP contribution is 2.28. The minimum Gasteiger partial charge on any atom is -0.0651 e. The summed E-state index contributed by atoms with van der Waals surface area (Å²) >= 11 is 0. The standard InChI is InChI=1S/C17H36/c1-8-15(3)16(4)12-10-9-11-14(2)13-17(5,6)7/h14-16H,8-13H2,1-7H3. The van der Waals surface area contributed by atoms with Gasteiger partial charge in [0.25, 0.3) is 0 Å². The molecule has 0 radical (unpaired) electrons. The first-order valence-corrected chi connectivity index (χ1v) is 7.76. The zero-order valence-corrected chi connectivity index (χ0v) is 13.5. The maximum atomic E-state index is 2.42. The summed E-state index contributed by atoms with van der Waals surface area (Å²) in [5.41, 5.74) is 0.503. The molecule has 104 valence electrons. The number of unbranched alkanes of at least 4 members (excludes halogenated alkanes) is 1. The molecule has 0 N–H and O–H groups in total. The molecular formula is C17H36. The lowest BCUT2D eigenvalue weighted by Gasteiger charge is -2.23. The highest BCUT2D eigenvalue weighted by atomic mass is 14.2. The van der Waals surface area contributed by atoms with Crippen LogP contribution in [0.1, 0.15) is 87.0 Å². The topological polar surface area (TPSA) is 0 Å². The second-order valence-electron chi connectivity index (χ2n) is 7.52. The summed E-state index contributed by atoms with van der Waals surface area (Å²) in [6.45, 7) is 16.6. The van der Waals surface area contributed by atoms with Gasteiger partial charge < -0.3 is 0 Å². The van der Waals surface area contributed by atoms with E-state index in [0.717, 1.165) is 17.8 Å². The van der Waals surface area contributed by atoms with Crippen LogP contribution < -0.4 is 0 Å². The third kappa shape index (κ3) is 9.68. The SMILES string of the molecule is CCC(C)C(C)CCCCC(C)CC(C)(C)C. The first kappa shape index (κ1) is 17.0. The normalized spacial score (nSPS) is 17.8. The van der Waals surface area contributed by atoms with E-state index in [1.165, 1.54) is 38.5 Å². The van der Waals surface area contributed by atoms with Gasteiger partial charge in [0, 0.05) is 0 Å². The molecule has 0 spiro atoms. The van der Waals surface area contributed by atoms with Gasteiger partial charge in [0.1, 0.15) is 0 Å². The van der Waals surface area contributed by atoms with Gasteiger partial charge in [-0.25, -0.2) is 0 Å². The fourth-order valence-corrected chi connectivity index (χ4v) is 2.79. The molecule has 0 aliphatic carbocycles. The van der Waals surface area contributed by atoms with Crippen molar-refractivity contribution in [2.24, 2.45) is 23.2 Å². The van der Waals surface area contributed by atoms with Crippen molar-refractivity contribution in [1.29, 1.82) is 0 Å². The number of rotatable bonds is 8. The van der Waals surface area contributed by atoms with Crippen LogP contribution in [0.3, 0.4) is 0 Å². The number of hydrogen-bond donors (Lipinski definition) is 0. The summed E-state index contributed by atoms with van der Waals surface area (Å²) in [5.74, 6) is 2.72. The van der Waals surface area contributed by atoms with E-state index < -0.39 is 0 Å². The van der Waals surface area contributed by atoms with Crippen molar-refractivity contribution >= 4 is 0 Å². The van der Waals surface area contributed by atoms with Crippen LogP contribution in [-0.4, -0.2) is 0 Å². The van der Waals surface area contributed by atoms with E-state index in [2.05, 4.69) is 48.5 Å². The molecule has 0 bridgehead atoms. The van der Waals surface area contributed by atoms with E-state index in [0.29, 0.717) is 5.41 Å². The van der Waals surface area contributed by atoms with Crippen molar-refractivity contribution in [1.82, 2.24) is 0 Å². The molecule has 0 aromatic rings. The molecular weight excluding hydrogens is 204 g/mol. The summed E-state index contributed by atoms with van der Waals surface area (Å²) < 4.78 is 0. The monoisotopic (exact) mass is 240 g/mol. The molecule has 0 aromatic carbocycles. The van der Waals surface area contributed by atoms with Crippen molar-refractivity contribution in [3.05, 3.63) is 0 Å². The molecule has 0 heteroatoms. The van der Waals surface area contributed by atoms with Crippen molar-refractivity contribution in [2.75, 3.05) is 0 Å². The molecule has 0 nitrogen and oxygen atoms in total. The molecule has 0 heterocycles. The third-order valence-corrected chi connectivity index (χ3v) is 4.18. The van der Waals surface area contributed by atoms with Crippen LogP contribution in [0.25, 0.3) is 0 Å². The summed E-state index contributed by atoms with van der Waals surface area (Å²) in [4.78, 5) is 0. The van der Waals surface area contributed by atoms with Gasteiger partial charge in [0.05, 0.1) is 0 Å². The van der Waals surface area contributed by atoms with E-state index in [9.17, 15) is 0 Å². The van der Waals surface area contributed by atoms with Gasteiger partial charge in [0.15, 0.2) is 0 Å². The molecule has 3 unspecified atom stereocenters. The van der Waals surface area contributed by atoms with Crippen LogP contribution in [0.15, 0.2) is 0 Å². The zero-order chi connectivity index (χ0) is 13.5. The van der Waals surface area contributed by atoms with E-state index in [4.69, 9.17) is 0 Å². The Morgan fingerprint density at radius 1 is 0.824 bits per heavy atom. The van der Waals surface area contributed by atoms with Crippen molar-refractivity contribution in [3.8, 4) is 0 Å². The minimum atomic E-state index is 0.503. The Bertz CT molecular complexity index is 175. The molecule has 0 aliphatic heterocycles. The van der Waals surface area contributed by atoms with Crippen LogP contribution in [0.5, 0.6) is 0 Å². The lowest BCUT2D eigenvalue weighted by atomic mass is 9.83. The van der Waals surface area contributed by atoms with Gasteiger partial charge in [-0.2, -0.15) is 0 Å². The number of hydrogen-bond acceptors (Lipinski definition) is 0. The van der Waals surface area contributed by atoms with Gasteiger partial charge >= 0.3 is 0 Å². The van der Waals surface area contributed by atoms with Gasteiger partial charge in [-0.1, -0.05) is 80.6 Å². The van der Waals surface area contributed by atoms with Crippen molar-refractivity contribution in [2.45, 2.75) is 87.0 Å². The fraction of sp³-hybridized carbons (Fsp3) is 1.00. The molecule has 3 atom stereocenters. The molecule has 0 saturated carbocycles. The molecule has 0 fully saturated rings. The first-order valence-electron chi connectivity index (χ1n) is 7.76. The van der Waals surface area contributed by atoms with Gasteiger partial charge in [-0.05, 0) is 29.6 Å². The Labute approximate surface area is 111 Å². The fourth-order valence-electron chi connectivity index (χ4n) is 2.79. The minimum absolute atomic E-state index is 0.503. The van der Waals surface area contributed by atoms with E-state index in [1.54, 1.807) is 0 Å². The second-order valence-corrected chi connectivity index (χ2v) is 7.52. The Balaban J connectivity index is 3.58. The Hall–Kier alpha value is 0. The Morgan fingerprint density at radius 3 is 1.82 bits per heavy atom. The van der Waals surface area contributed by atoms with Crippen LogP contribution in [0.2, 0.25) is 0 Å². The predicted molar refractivity (Wildman–Crippen MR) is 80.3 cm³/mol. The smallest absolute Gasteiger partial charge is 0.0380 e. The molecule has 0 saturated heterocycles. The van der Waals surface area contributed by atoms with E-state index in [1.807, 2.05) is 0 Å². The van der Waals surface area contributed by atoms with Crippen LogP contribution >= 0.6 is 0 Å². The predicted octanol–water partition coefficient (Wildman–Crippen LogP) is 6.30. The molecule has 0 rings (SSSR count).